The number of nitrogens with zero attached hydrogens (tertiary/aromatic N) is 3. The molecule has 2 fully saturated rings. The third kappa shape index (κ3) is 5.35. The van der Waals surface area contributed by atoms with Crippen molar-refractivity contribution in [1.29, 1.82) is 0 Å². The van der Waals surface area contributed by atoms with E-state index < -0.39 is 15.5 Å². The molecule has 0 bridgehead atoms. The minimum atomic E-state index is -5.23. The molecule has 2 rings (SSSR count). The van der Waals surface area contributed by atoms with Crippen molar-refractivity contribution in [1.82, 2.24) is 9.21 Å². The molecule has 6 nitrogen and oxygen atoms in total. The number of likely N-dealkylation sites (tertiary alicyclic amines) is 1. The van der Waals surface area contributed by atoms with E-state index in [1.165, 1.54) is 6.42 Å². The molecule has 11 heteroatoms. The standard InChI is InChI=1S/C13H23F3N4O2S.HI/c14-13(15,16)23(21,22)20-8-4-11(5-9-20)10-18-12(17)19-6-2-1-3-7-19;/h11H,1-10H2,(H2,17,18);1H. The van der Waals surface area contributed by atoms with Gasteiger partial charge in [-0.15, -0.1) is 24.0 Å². The summed E-state index contributed by atoms with van der Waals surface area (Å²) in [7, 11) is -5.21. The molecule has 142 valence electrons. The molecule has 0 atom stereocenters. The van der Waals surface area contributed by atoms with Gasteiger partial charge in [-0.05, 0) is 38.0 Å². The summed E-state index contributed by atoms with van der Waals surface area (Å²) in [6.07, 6.45) is 4.10. The molecule has 0 amide bonds. The molecule has 0 aromatic heterocycles. The van der Waals surface area contributed by atoms with Crippen LogP contribution < -0.4 is 5.73 Å². The molecule has 0 aromatic carbocycles. The zero-order chi connectivity index (χ0) is 17.1. The fourth-order valence-electron chi connectivity index (χ4n) is 2.92. The summed E-state index contributed by atoms with van der Waals surface area (Å²) in [5.74, 6) is 0.549. The summed E-state index contributed by atoms with van der Waals surface area (Å²) in [6, 6.07) is 0. The van der Waals surface area contributed by atoms with Gasteiger partial charge in [0.05, 0.1) is 0 Å². The Morgan fingerprint density at radius 1 is 1.08 bits per heavy atom. The Bertz CT molecular complexity index is 528. The van der Waals surface area contributed by atoms with Crippen molar-refractivity contribution in [2.24, 2.45) is 16.6 Å². The van der Waals surface area contributed by atoms with Crippen molar-refractivity contribution in [3.8, 4) is 0 Å². The fourth-order valence-corrected chi connectivity index (χ4v) is 3.91. The maximum Gasteiger partial charge on any atom is 0.511 e. The molecule has 24 heavy (non-hydrogen) atoms. The Balaban J connectivity index is 0.00000288. The summed E-state index contributed by atoms with van der Waals surface area (Å²) < 4.78 is 60.7. The van der Waals surface area contributed by atoms with Gasteiger partial charge in [-0.1, -0.05) is 0 Å². The van der Waals surface area contributed by atoms with Gasteiger partial charge in [0.25, 0.3) is 0 Å². The number of alkyl halides is 3. The van der Waals surface area contributed by atoms with Crippen LogP contribution in [0.15, 0.2) is 4.99 Å². The smallest absolute Gasteiger partial charge is 0.370 e. The number of nitrogens with two attached hydrogens (primary N) is 1. The average Bonchev–Trinajstić information content (AvgIpc) is 2.53. The first kappa shape index (κ1) is 21.7. The molecule has 0 aromatic rings. The van der Waals surface area contributed by atoms with Crippen LogP contribution in [0.25, 0.3) is 0 Å². The van der Waals surface area contributed by atoms with E-state index in [4.69, 9.17) is 5.73 Å². The molecular weight excluding hydrogens is 460 g/mol. The Labute approximate surface area is 157 Å². The lowest BCUT2D eigenvalue weighted by atomic mass is 9.98. The summed E-state index contributed by atoms with van der Waals surface area (Å²) in [6.45, 7) is 1.97. The average molecular weight is 484 g/mol. The first-order valence-electron chi connectivity index (χ1n) is 7.83. The van der Waals surface area contributed by atoms with Crippen molar-refractivity contribution in [3.63, 3.8) is 0 Å². The Kier molecular flexibility index (Phi) is 8.04. The van der Waals surface area contributed by atoms with Gasteiger partial charge in [-0.3, -0.25) is 4.99 Å². The number of rotatable bonds is 3. The predicted molar refractivity (Wildman–Crippen MR) is 96.6 cm³/mol. The molecule has 2 aliphatic rings. The van der Waals surface area contributed by atoms with Gasteiger partial charge in [0.15, 0.2) is 5.96 Å². The summed E-state index contributed by atoms with van der Waals surface area (Å²) >= 11 is 0. The van der Waals surface area contributed by atoms with E-state index in [0.29, 0.717) is 29.7 Å². The molecule has 2 heterocycles. The van der Waals surface area contributed by atoms with Crippen LogP contribution >= 0.6 is 24.0 Å². The van der Waals surface area contributed by atoms with Crippen molar-refractivity contribution in [2.45, 2.75) is 37.6 Å². The molecule has 2 saturated heterocycles. The van der Waals surface area contributed by atoms with Crippen molar-refractivity contribution in [2.75, 3.05) is 32.7 Å². The zero-order valence-electron chi connectivity index (χ0n) is 13.3. The first-order chi connectivity index (χ1) is 10.7. The summed E-state index contributed by atoms with van der Waals surface area (Å²) in [4.78, 5) is 6.36. The SMILES string of the molecule is I.NC(=NCC1CCN(S(=O)(=O)C(F)(F)F)CC1)N1CCCCC1. The number of piperidine rings is 2. The highest BCUT2D eigenvalue weighted by molar-refractivity contribution is 14.0. The van der Waals surface area contributed by atoms with Crippen LogP contribution in [0.3, 0.4) is 0 Å². The normalized spacial score (nSPS) is 22.3. The van der Waals surface area contributed by atoms with E-state index >= 15 is 0 Å². The van der Waals surface area contributed by atoms with Crippen LogP contribution in [0.4, 0.5) is 13.2 Å². The Morgan fingerprint density at radius 2 is 1.62 bits per heavy atom. The number of hydrogen-bond donors (Lipinski definition) is 1. The van der Waals surface area contributed by atoms with Crippen molar-refractivity contribution < 1.29 is 21.6 Å². The van der Waals surface area contributed by atoms with Gasteiger partial charge >= 0.3 is 15.5 Å². The van der Waals surface area contributed by atoms with E-state index in [1.807, 2.05) is 4.90 Å². The minimum Gasteiger partial charge on any atom is -0.370 e. The molecular formula is C13H24F3IN4O2S. The number of sulfonamides is 1. The maximum absolute atomic E-state index is 12.5. The second-order valence-electron chi connectivity index (χ2n) is 6.04. The highest BCUT2D eigenvalue weighted by Gasteiger charge is 2.50. The first-order valence-corrected chi connectivity index (χ1v) is 9.27. The fraction of sp³-hybridized carbons (Fsp3) is 0.923. The number of aliphatic imine (C=N–C) groups is 1. The largest absolute Gasteiger partial charge is 0.511 e. The monoisotopic (exact) mass is 484 g/mol. The second kappa shape index (κ2) is 8.88. The predicted octanol–water partition coefficient (Wildman–Crippen LogP) is 1.97. The Hall–Kier alpha value is -0.300. The third-order valence-corrected chi connectivity index (χ3v) is 6.03. The summed E-state index contributed by atoms with van der Waals surface area (Å²) in [5, 5.41) is 0. The zero-order valence-corrected chi connectivity index (χ0v) is 16.5. The lowest BCUT2D eigenvalue weighted by Crippen LogP contribution is -2.45. The van der Waals surface area contributed by atoms with E-state index in [0.717, 1.165) is 25.9 Å². The quantitative estimate of drug-likeness (QED) is 0.378. The minimum absolute atomic E-state index is 0. The van der Waals surface area contributed by atoms with Crippen LogP contribution in [0.2, 0.25) is 0 Å². The number of halogens is 4. The van der Waals surface area contributed by atoms with Crippen LogP contribution in [0.5, 0.6) is 0 Å². The highest BCUT2D eigenvalue weighted by atomic mass is 127. The van der Waals surface area contributed by atoms with Gasteiger partial charge < -0.3 is 10.6 Å². The maximum atomic E-state index is 12.5. The highest BCUT2D eigenvalue weighted by Crippen LogP contribution is 2.30. The van der Waals surface area contributed by atoms with Gasteiger partial charge in [-0.2, -0.15) is 17.5 Å². The van der Waals surface area contributed by atoms with Crippen molar-refractivity contribution in [3.05, 3.63) is 0 Å². The van der Waals surface area contributed by atoms with Gasteiger partial charge in [-0.25, -0.2) is 8.42 Å². The Morgan fingerprint density at radius 3 is 2.12 bits per heavy atom. The molecule has 0 radical (unpaired) electrons. The van der Waals surface area contributed by atoms with Crippen LogP contribution in [-0.4, -0.2) is 61.8 Å². The molecule has 0 saturated carbocycles. The van der Waals surface area contributed by atoms with E-state index in [2.05, 4.69) is 4.99 Å². The van der Waals surface area contributed by atoms with E-state index in [9.17, 15) is 21.6 Å². The molecule has 2 aliphatic heterocycles. The van der Waals surface area contributed by atoms with Crippen molar-refractivity contribution >= 4 is 40.0 Å². The van der Waals surface area contributed by atoms with E-state index in [-0.39, 0.29) is 43.0 Å². The molecule has 0 aliphatic carbocycles. The van der Waals surface area contributed by atoms with Crippen LogP contribution in [-0.2, 0) is 10.0 Å². The summed E-state index contributed by atoms with van der Waals surface area (Å²) in [5.41, 5.74) is 0.715. The lowest BCUT2D eigenvalue weighted by molar-refractivity contribution is -0.0496. The lowest BCUT2D eigenvalue weighted by Gasteiger charge is -2.31. The molecule has 0 spiro atoms. The molecule has 0 unspecified atom stereocenters. The van der Waals surface area contributed by atoms with Crippen LogP contribution in [0.1, 0.15) is 32.1 Å². The molecule has 2 N–H and O–H groups in total. The van der Waals surface area contributed by atoms with Gasteiger partial charge in [0, 0.05) is 32.7 Å². The van der Waals surface area contributed by atoms with Crippen LogP contribution in [0, 0.1) is 5.92 Å². The number of hydrogen-bond acceptors (Lipinski definition) is 3. The number of guanidine groups is 1. The second-order valence-corrected chi connectivity index (χ2v) is 7.97. The van der Waals surface area contributed by atoms with Gasteiger partial charge in [0.2, 0.25) is 0 Å². The topological polar surface area (TPSA) is 79.0 Å². The van der Waals surface area contributed by atoms with Gasteiger partial charge in [0.1, 0.15) is 0 Å². The third-order valence-electron chi connectivity index (χ3n) is 4.40. The van der Waals surface area contributed by atoms with E-state index in [1.54, 1.807) is 0 Å².